The lowest BCUT2D eigenvalue weighted by atomic mass is 10.2. The second-order valence-corrected chi connectivity index (χ2v) is 6.55. The van der Waals surface area contributed by atoms with Crippen LogP contribution in [0.5, 0.6) is 0 Å². The number of hydrogen-bond donors (Lipinski definition) is 1. The van der Waals surface area contributed by atoms with Crippen molar-refractivity contribution in [1.29, 1.82) is 0 Å². The van der Waals surface area contributed by atoms with Crippen LogP contribution in [0.4, 0.5) is 10.5 Å². The number of carbonyl (C=O) groups is 1. The Morgan fingerprint density at radius 3 is 2.46 bits per heavy atom. The van der Waals surface area contributed by atoms with Gasteiger partial charge in [-0.3, -0.25) is 14.8 Å². The fraction of sp³-hybridized carbons (Fsp3) is 0.158. The Kier molecular flexibility index (Phi) is 5.27. The highest BCUT2D eigenvalue weighted by atomic mass is 79.9. The van der Waals surface area contributed by atoms with E-state index in [1.165, 1.54) is 4.68 Å². The van der Waals surface area contributed by atoms with Crippen molar-refractivity contribution in [3.63, 3.8) is 0 Å². The van der Waals surface area contributed by atoms with E-state index in [1.54, 1.807) is 17.8 Å². The van der Waals surface area contributed by atoms with Gasteiger partial charge in [0, 0.05) is 12.7 Å². The van der Waals surface area contributed by atoms with Gasteiger partial charge in [-0.15, -0.1) is 0 Å². The molecule has 7 heteroatoms. The van der Waals surface area contributed by atoms with Crippen LogP contribution in [0.3, 0.4) is 0 Å². The topological polar surface area (TPSA) is 65.3 Å². The Morgan fingerprint density at radius 2 is 1.77 bits per heavy atom. The summed E-state index contributed by atoms with van der Waals surface area (Å²) < 4.78 is 8.85. The van der Waals surface area contributed by atoms with Gasteiger partial charge in [-0.2, -0.15) is 0 Å². The summed E-state index contributed by atoms with van der Waals surface area (Å²) in [6, 6.07) is 16.7. The average Bonchev–Trinajstić information content (AvgIpc) is 2.85. The number of aromatic nitrogens is 2. The second kappa shape index (κ2) is 7.61. The quantitative estimate of drug-likeness (QED) is 0.700. The molecule has 0 atom stereocenters. The Balaban J connectivity index is 1.78. The first-order chi connectivity index (χ1) is 12.5. The number of halogens is 1. The smallest absolute Gasteiger partial charge is 0.412 e. The zero-order chi connectivity index (χ0) is 18.7. The molecule has 0 aliphatic rings. The lowest BCUT2D eigenvalue weighted by Crippen LogP contribution is -2.20. The molecule has 6 nitrogen and oxygen atoms in total. The van der Waals surface area contributed by atoms with Gasteiger partial charge in [0.05, 0.1) is 11.4 Å². The van der Waals surface area contributed by atoms with Crippen LogP contribution in [0.25, 0.3) is 5.69 Å². The standard InChI is InChI=1S/C19H18BrN3O3/c1-13-8-6-7-11-15(13)21-19(25)26-12-16-17(20)18(24)23(22(16)2)14-9-4-3-5-10-14/h3-11H,12H2,1-2H3,(H,21,25). The normalized spacial score (nSPS) is 10.6. The maximum Gasteiger partial charge on any atom is 0.412 e. The fourth-order valence-electron chi connectivity index (χ4n) is 2.62. The van der Waals surface area contributed by atoms with Crippen molar-refractivity contribution < 1.29 is 9.53 Å². The number of nitrogens with zero attached hydrogens (tertiary/aromatic N) is 2. The average molecular weight is 416 g/mol. The predicted octanol–water partition coefficient (Wildman–Crippen LogP) is 4.00. The maximum absolute atomic E-state index is 12.5. The van der Waals surface area contributed by atoms with Gasteiger partial charge >= 0.3 is 6.09 Å². The number of aryl methyl sites for hydroxylation is 1. The third-order valence-corrected chi connectivity index (χ3v) is 4.84. The van der Waals surface area contributed by atoms with Crippen LogP contribution >= 0.6 is 15.9 Å². The summed E-state index contributed by atoms with van der Waals surface area (Å²) >= 11 is 3.31. The monoisotopic (exact) mass is 415 g/mol. The van der Waals surface area contributed by atoms with E-state index in [-0.39, 0.29) is 12.2 Å². The van der Waals surface area contributed by atoms with Crippen LogP contribution in [-0.4, -0.2) is 15.5 Å². The second-order valence-electron chi connectivity index (χ2n) is 5.75. The predicted molar refractivity (Wildman–Crippen MR) is 104 cm³/mol. The molecule has 0 saturated carbocycles. The largest absolute Gasteiger partial charge is 0.443 e. The summed E-state index contributed by atoms with van der Waals surface area (Å²) in [5.74, 6) is 0. The lowest BCUT2D eigenvalue weighted by molar-refractivity contribution is 0.151. The van der Waals surface area contributed by atoms with Crippen molar-refractivity contribution in [3.05, 3.63) is 80.7 Å². The van der Waals surface area contributed by atoms with Crippen molar-refractivity contribution in [3.8, 4) is 5.69 Å². The summed E-state index contributed by atoms with van der Waals surface area (Å²) in [7, 11) is 1.75. The molecule has 0 unspecified atom stereocenters. The summed E-state index contributed by atoms with van der Waals surface area (Å²) in [6.45, 7) is 1.86. The molecule has 3 aromatic rings. The van der Waals surface area contributed by atoms with Gasteiger partial charge in [-0.05, 0) is 46.6 Å². The first kappa shape index (κ1) is 18.0. The number of benzene rings is 2. The minimum Gasteiger partial charge on any atom is -0.443 e. The van der Waals surface area contributed by atoms with Crippen LogP contribution in [0.15, 0.2) is 63.9 Å². The van der Waals surface area contributed by atoms with E-state index in [9.17, 15) is 9.59 Å². The maximum atomic E-state index is 12.5. The summed E-state index contributed by atoms with van der Waals surface area (Å²) in [6.07, 6.45) is -0.578. The molecule has 1 aromatic heterocycles. The van der Waals surface area contributed by atoms with Crippen LogP contribution in [0.1, 0.15) is 11.3 Å². The first-order valence-corrected chi connectivity index (χ1v) is 8.79. The van der Waals surface area contributed by atoms with E-state index in [0.717, 1.165) is 11.3 Å². The molecule has 3 rings (SSSR count). The first-order valence-electron chi connectivity index (χ1n) is 8.00. The SMILES string of the molecule is Cc1ccccc1NC(=O)OCc1c(Br)c(=O)n(-c2ccccc2)n1C. The number of rotatable bonds is 4. The van der Waals surface area contributed by atoms with E-state index >= 15 is 0 Å². The van der Waals surface area contributed by atoms with Gasteiger partial charge in [0.25, 0.3) is 5.56 Å². The third kappa shape index (κ3) is 3.57. The van der Waals surface area contributed by atoms with E-state index in [1.807, 2.05) is 55.5 Å². The van der Waals surface area contributed by atoms with Crippen LogP contribution in [0.2, 0.25) is 0 Å². The minimum absolute atomic E-state index is 0.0378. The highest BCUT2D eigenvalue weighted by molar-refractivity contribution is 9.10. The highest BCUT2D eigenvalue weighted by Crippen LogP contribution is 2.18. The number of hydrogen-bond acceptors (Lipinski definition) is 3. The van der Waals surface area contributed by atoms with E-state index in [0.29, 0.717) is 15.9 Å². The molecule has 0 aliphatic heterocycles. The molecule has 0 bridgehead atoms. The van der Waals surface area contributed by atoms with Crippen molar-refractivity contribution >= 4 is 27.7 Å². The fourth-order valence-corrected chi connectivity index (χ4v) is 3.16. The summed E-state index contributed by atoms with van der Waals surface area (Å²) in [5, 5.41) is 2.70. The molecular formula is C19H18BrN3O3. The van der Waals surface area contributed by atoms with E-state index in [4.69, 9.17) is 4.74 Å². The van der Waals surface area contributed by atoms with Gasteiger partial charge < -0.3 is 4.74 Å². The zero-order valence-corrected chi connectivity index (χ0v) is 16.0. The molecular weight excluding hydrogens is 398 g/mol. The Bertz CT molecular complexity index is 993. The van der Waals surface area contributed by atoms with E-state index in [2.05, 4.69) is 21.2 Å². The minimum atomic E-state index is -0.578. The lowest BCUT2D eigenvalue weighted by Gasteiger charge is -2.11. The number of ether oxygens (including phenoxy) is 1. The zero-order valence-electron chi connectivity index (χ0n) is 14.4. The van der Waals surface area contributed by atoms with Crippen LogP contribution < -0.4 is 10.9 Å². The number of carbonyl (C=O) groups excluding carboxylic acids is 1. The van der Waals surface area contributed by atoms with Crippen molar-refractivity contribution in [2.24, 2.45) is 7.05 Å². The highest BCUT2D eigenvalue weighted by Gasteiger charge is 2.18. The Morgan fingerprint density at radius 1 is 1.12 bits per heavy atom. The molecule has 0 fully saturated rings. The number of amides is 1. The van der Waals surface area contributed by atoms with E-state index < -0.39 is 6.09 Å². The van der Waals surface area contributed by atoms with Crippen molar-refractivity contribution in [1.82, 2.24) is 9.36 Å². The van der Waals surface area contributed by atoms with Crippen molar-refractivity contribution in [2.45, 2.75) is 13.5 Å². The van der Waals surface area contributed by atoms with Crippen LogP contribution in [-0.2, 0) is 18.4 Å². The Hall–Kier alpha value is -2.80. The van der Waals surface area contributed by atoms with Gasteiger partial charge in [0.1, 0.15) is 11.1 Å². The number of anilines is 1. The number of nitrogens with one attached hydrogen (secondary N) is 1. The molecule has 0 radical (unpaired) electrons. The summed E-state index contributed by atoms with van der Waals surface area (Å²) in [5.41, 5.74) is 2.72. The molecule has 0 aliphatic carbocycles. The molecule has 1 amide bonds. The van der Waals surface area contributed by atoms with Gasteiger partial charge in [-0.1, -0.05) is 36.4 Å². The molecule has 134 valence electrons. The summed E-state index contributed by atoms with van der Waals surface area (Å²) in [4.78, 5) is 24.6. The van der Waals surface area contributed by atoms with Crippen molar-refractivity contribution in [2.75, 3.05) is 5.32 Å². The Labute approximate surface area is 159 Å². The number of para-hydroxylation sites is 2. The molecule has 1 heterocycles. The molecule has 2 aromatic carbocycles. The molecule has 26 heavy (non-hydrogen) atoms. The van der Waals surface area contributed by atoms with Gasteiger partial charge in [-0.25, -0.2) is 9.48 Å². The third-order valence-electron chi connectivity index (χ3n) is 4.05. The van der Waals surface area contributed by atoms with Gasteiger partial charge in [0.2, 0.25) is 0 Å². The van der Waals surface area contributed by atoms with Crippen LogP contribution in [0, 0.1) is 6.92 Å². The van der Waals surface area contributed by atoms with Gasteiger partial charge in [0.15, 0.2) is 0 Å². The molecule has 0 spiro atoms. The molecule has 1 N–H and O–H groups in total. The molecule has 0 saturated heterocycles.